The Hall–Kier alpha value is -2.90. The van der Waals surface area contributed by atoms with Crippen LogP contribution in [-0.4, -0.2) is 52.3 Å². The van der Waals surface area contributed by atoms with Crippen LogP contribution in [0.2, 0.25) is 0 Å². The molecule has 0 radical (unpaired) electrons. The maximum absolute atomic E-state index is 12.2. The summed E-state index contributed by atoms with van der Waals surface area (Å²) in [5.41, 5.74) is 1.99. The average molecular weight is 356 g/mol. The van der Waals surface area contributed by atoms with Crippen LogP contribution in [0, 0.1) is 0 Å². The van der Waals surface area contributed by atoms with E-state index in [1.54, 1.807) is 30.3 Å². The minimum atomic E-state index is -0.159. The van der Waals surface area contributed by atoms with Crippen molar-refractivity contribution in [2.75, 3.05) is 24.5 Å². The van der Waals surface area contributed by atoms with E-state index in [0.29, 0.717) is 17.8 Å². The fourth-order valence-electron chi connectivity index (χ4n) is 3.08. The molecule has 2 aromatic heterocycles. The molecule has 0 unspecified atom stereocenters. The molecule has 1 aliphatic heterocycles. The second kappa shape index (κ2) is 7.99. The average Bonchev–Trinajstić information content (AvgIpc) is 3.09. The molecule has 1 aliphatic rings. The fourth-order valence-corrected chi connectivity index (χ4v) is 3.08. The zero-order valence-electron chi connectivity index (χ0n) is 15.1. The van der Waals surface area contributed by atoms with Crippen molar-refractivity contribution in [3.63, 3.8) is 0 Å². The van der Waals surface area contributed by atoms with Crippen LogP contribution < -0.4 is 15.5 Å². The van der Waals surface area contributed by atoms with E-state index in [0.717, 1.165) is 31.6 Å². The first-order valence-corrected chi connectivity index (χ1v) is 8.85. The maximum Gasteiger partial charge on any atom is 0.269 e. The van der Waals surface area contributed by atoms with E-state index in [-0.39, 0.29) is 17.9 Å². The van der Waals surface area contributed by atoms with Gasteiger partial charge < -0.3 is 15.5 Å². The van der Waals surface area contributed by atoms with Crippen LogP contribution in [0.25, 0.3) is 0 Å². The lowest BCUT2D eigenvalue weighted by atomic mass is 10.0. The molecule has 0 atom stereocenters. The molecule has 26 heavy (non-hydrogen) atoms. The SMILES string of the molecule is CCNC(=O)c1cc(N2CCC(NC(=O)c3cnn(C)c3)CC2)ccn1. The lowest BCUT2D eigenvalue weighted by molar-refractivity contribution is 0.0927. The van der Waals surface area contributed by atoms with E-state index in [1.807, 2.05) is 19.1 Å². The topological polar surface area (TPSA) is 92.2 Å². The van der Waals surface area contributed by atoms with Crippen molar-refractivity contribution in [2.24, 2.45) is 7.05 Å². The van der Waals surface area contributed by atoms with Crippen molar-refractivity contribution < 1.29 is 9.59 Å². The number of pyridine rings is 1. The van der Waals surface area contributed by atoms with Crippen LogP contribution >= 0.6 is 0 Å². The zero-order valence-corrected chi connectivity index (χ0v) is 15.1. The minimum Gasteiger partial charge on any atom is -0.371 e. The molecule has 0 bridgehead atoms. The Morgan fingerprint density at radius 3 is 2.69 bits per heavy atom. The predicted octanol–water partition coefficient (Wildman–Crippen LogP) is 0.964. The van der Waals surface area contributed by atoms with E-state index in [1.165, 1.54) is 0 Å². The van der Waals surface area contributed by atoms with Gasteiger partial charge in [0.1, 0.15) is 5.69 Å². The summed E-state index contributed by atoms with van der Waals surface area (Å²) in [6.07, 6.45) is 6.65. The first kappa shape index (κ1) is 17.9. The number of carbonyl (C=O) groups excluding carboxylic acids is 2. The van der Waals surface area contributed by atoms with Crippen molar-refractivity contribution in [3.8, 4) is 0 Å². The highest BCUT2D eigenvalue weighted by atomic mass is 16.2. The van der Waals surface area contributed by atoms with Gasteiger partial charge in [-0.3, -0.25) is 19.3 Å². The number of aromatic nitrogens is 3. The number of hydrogen-bond donors (Lipinski definition) is 2. The van der Waals surface area contributed by atoms with Gasteiger partial charge in [-0.1, -0.05) is 0 Å². The molecule has 0 aromatic carbocycles. The summed E-state index contributed by atoms with van der Waals surface area (Å²) in [6, 6.07) is 3.88. The van der Waals surface area contributed by atoms with Crippen LogP contribution in [-0.2, 0) is 7.05 Å². The molecule has 2 aromatic rings. The smallest absolute Gasteiger partial charge is 0.269 e. The molecule has 0 saturated carbocycles. The summed E-state index contributed by atoms with van der Waals surface area (Å²) in [7, 11) is 1.79. The Morgan fingerprint density at radius 2 is 2.04 bits per heavy atom. The summed E-state index contributed by atoms with van der Waals surface area (Å²) in [5.74, 6) is -0.244. The Labute approximate surface area is 152 Å². The van der Waals surface area contributed by atoms with Gasteiger partial charge in [0, 0.05) is 50.8 Å². The van der Waals surface area contributed by atoms with Crippen LogP contribution in [0.4, 0.5) is 5.69 Å². The molecule has 2 amide bonds. The molecule has 0 aliphatic carbocycles. The van der Waals surface area contributed by atoms with Gasteiger partial charge in [-0.05, 0) is 31.9 Å². The molecule has 3 rings (SSSR count). The highest BCUT2D eigenvalue weighted by molar-refractivity contribution is 5.94. The summed E-state index contributed by atoms with van der Waals surface area (Å²) in [6.45, 7) is 4.09. The van der Waals surface area contributed by atoms with E-state index < -0.39 is 0 Å². The normalized spacial score (nSPS) is 14.9. The maximum atomic E-state index is 12.2. The van der Waals surface area contributed by atoms with E-state index in [9.17, 15) is 9.59 Å². The van der Waals surface area contributed by atoms with Crippen molar-refractivity contribution >= 4 is 17.5 Å². The summed E-state index contributed by atoms with van der Waals surface area (Å²) in [4.78, 5) is 30.5. The van der Waals surface area contributed by atoms with Crippen LogP contribution in [0.1, 0.15) is 40.6 Å². The third kappa shape index (κ3) is 4.19. The third-order valence-electron chi connectivity index (χ3n) is 4.48. The van der Waals surface area contributed by atoms with E-state index in [2.05, 4.69) is 25.6 Å². The van der Waals surface area contributed by atoms with Gasteiger partial charge in [-0.2, -0.15) is 5.10 Å². The van der Waals surface area contributed by atoms with Gasteiger partial charge in [0.2, 0.25) is 0 Å². The number of amides is 2. The second-order valence-electron chi connectivity index (χ2n) is 6.40. The summed E-state index contributed by atoms with van der Waals surface area (Å²) in [5, 5.41) is 9.86. The molecule has 8 nitrogen and oxygen atoms in total. The van der Waals surface area contributed by atoms with Crippen LogP contribution in [0.5, 0.6) is 0 Å². The summed E-state index contributed by atoms with van der Waals surface area (Å²) < 4.78 is 1.62. The first-order chi connectivity index (χ1) is 12.6. The number of piperidine rings is 1. The molecule has 8 heteroatoms. The number of nitrogens with one attached hydrogen (secondary N) is 2. The number of nitrogens with zero attached hydrogens (tertiary/aromatic N) is 4. The van der Waals surface area contributed by atoms with Crippen LogP contribution in [0.3, 0.4) is 0 Å². The zero-order chi connectivity index (χ0) is 18.5. The Bertz CT molecular complexity index is 779. The second-order valence-corrected chi connectivity index (χ2v) is 6.40. The third-order valence-corrected chi connectivity index (χ3v) is 4.48. The molecule has 2 N–H and O–H groups in total. The Kier molecular flexibility index (Phi) is 5.50. The van der Waals surface area contributed by atoms with Crippen molar-refractivity contribution in [1.82, 2.24) is 25.4 Å². The highest BCUT2D eigenvalue weighted by Gasteiger charge is 2.22. The number of anilines is 1. The largest absolute Gasteiger partial charge is 0.371 e. The molecular weight excluding hydrogens is 332 g/mol. The minimum absolute atomic E-state index is 0.0843. The van der Waals surface area contributed by atoms with Crippen molar-refractivity contribution in [1.29, 1.82) is 0 Å². The lowest BCUT2D eigenvalue weighted by Crippen LogP contribution is -2.44. The number of hydrogen-bond acceptors (Lipinski definition) is 5. The summed E-state index contributed by atoms with van der Waals surface area (Å²) >= 11 is 0. The molecular formula is C18H24N6O2. The Balaban J connectivity index is 1.56. The molecule has 0 spiro atoms. The fraction of sp³-hybridized carbons (Fsp3) is 0.444. The van der Waals surface area contributed by atoms with Crippen molar-refractivity contribution in [2.45, 2.75) is 25.8 Å². The number of aryl methyl sites for hydroxylation is 1. The molecule has 1 fully saturated rings. The van der Waals surface area contributed by atoms with Gasteiger partial charge in [0.05, 0.1) is 11.8 Å². The monoisotopic (exact) mass is 356 g/mol. The molecule has 3 heterocycles. The van der Waals surface area contributed by atoms with Gasteiger partial charge in [0.25, 0.3) is 11.8 Å². The quantitative estimate of drug-likeness (QED) is 0.833. The molecule has 1 saturated heterocycles. The van der Waals surface area contributed by atoms with Gasteiger partial charge in [-0.15, -0.1) is 0 Å². The van der Waals surface area contributed by atoms with Crippen LogP contribution in [0.15, 0.2) is 30.7 Å². The lowest BCUT2D eigenvalue weighted by Gasteiger charge is -2.34. The number of carbonyl (C=O) groups is 2. The Morgan fingerprint density at radius 1 is 1.27 bits per heavy atom. The first-order valence-electron chi connectivity index (χ1n) is 8.85. The molecule has 138 valence electrons. The van der Waals surface area contributed by atoms with Gasteiger partial charge in [-0.25, -0.2) is 0 Å². The number of rotatable bonds is 5. The predicted molar refractivity (Wildman–Crippen MR) is 98.2 cm³/mol. The van der Waals surface area contributed by atoms with E-state index in [4.69, 9.17) is 0 Å². The van der Waals surface area contributed by atoms with E-state index >= 15 is 0 Å². The van der Waals surface area contributed by atoms with Gasteiger partial charge >= 0.3 is 0 Å². The highest BCUT2D eigenvalue weighted by Crippen LogP contribution is 2.20. The standard InChI is InChI=1S/C18H24N6O2/c1-3-19-18(26)16-10-15(4-7-20-16)24-8-5-14(6-9-24)22-17(25)13-11-21-23(2)12-13/h4,7,10-12,14H,3,5-6,8-9H2,1-2H3,(H,19,26)(H,22,25). The van der Waals surface area contributed by atoms with Gasteiger partial charge in [0.15, 0.2) is 0 Å². The van der Waals surface area contributed by atoms with Crippen molar-refractivity contribution in [3.05, 3.63) is 42.0 Å².